The van der Waals surface area contributed by atoms with Crippen molar-refractivity contribution < 1.29 is 4.79 Å². The fourth-order valence-electron chi connectivity index (χ4n) is 2.85. The Kier molecular flexibility index (Phi) is 5.74. The van der Waals surface area contributed by atoms with Crippen LogP contribution in [0.3, 0.4) is 0 Å². The number of hydrogen-bond acceptors (Lipinski definition) is 5. The molecule has 2 aromatic heterocycles. The van der Waals surface area contributed by atoms with E-state index in [1.807, 2.05) is 18.3 Å². The Balaban J connectivity index is 1.33. The minimum absolute atomic E-state index is 0.0302. The summed E-state index contributed by atoms with van der Waals surface area (Å²) >= 11 is 0. The predicted molar refractivity (Wildman–Crippen MR) is 94.1 cm³/mol. The van der Waals surface area contributed by atoms with Gasteiger partial charge in [-0.3, -0.25) is 14.7 Å². The minimum atomic E-state index is -0.0302. The van der Waals surface area contributed by atoms with E-state index in [2.05, 4.69) is 31.2 Å². The number of rotatable bonds is 6. The first-order valence-electron chi connectivity index (χ1n) is 8.39. The van der Waals surface area contributed by atoms with Gasteiger partial charge >= 0.3 is 0 Å². The summed E-state index contributed by atoms with van der Waals surface area (Å²) in [5, 5.41) is 2.96. The molecular weight excluding hydrogens is 302 g/mol. The second kappa shape index (κ2) is 8.40. The number of hydrogen-bond donors (Lipinski definition) is 1. The number of nitrogens with one attached hydrogen (secondary N) is 1. The van der Waals surface area contributed by atoms with Crippen LogP contribution in [0.2, 0.25) is 0 Å². The van der Waals surface area contributed by atoms with Crippen molar-refractivity contribution in [1.82, 2.24) is 20.2 Å². The molecule has 126 valence electrons. The van der Waals surface area contributed by atoms with Gasteiger partial charge in [-0.1, -0.05) is 6.07 Å². The highest BCUT2D eigenvalue weighted by Crippen LogP contribution is 2.12. The number of anilines is 1. The molecule has 0 bridgehead atoms. The first-order valence-corrected chi connectivity index (χ1v) is 8.39. The maximum Gasteiger partial charge on any atom is 0.251 e. The highest BCUT2D eigenvalue weighted by molar-refractivity contribution is 5.93. The minimum Gasteiger partial charge on any atom is -0.354 e. The molecule has 6 nitrogen and oxygen atoms in total. The fourth-order valence-corrected chi connectivity index (χ4v) is 2.85. The van der Waals surface area contributed by atoms with Crippen molar-refractivity contribution in [3.8, 4) is 0 Å². The second-order valence-corrected chi connectivity index (χ2v) is 5.86. The topological polar surface area (TPSA) is 61.4 Å². The number of pyridine rings is 2. The van der Waals surface area contributed by atoms with Crippen LogP contribution in [0.1, 0.15) is 16.8 Å². The van der Waals surface area contributed by atoms with Gasteiger partial charge in [0.05, 0.1) is 0 Å². The highest BCUT2D eigenvalue weighted by Gasteiger charge is 2.17. The Bertz CT molecular complexity index is 626. The number of piperazine rings is 1. The Morgan fingerprint density at radius 2 is 1.83 bits per heavy atom. The van der Waals surface area contributed by atoms with Crippen LogP contribution >= 0.6 is 0 Å². The molecule has 0 radical (unpaired) electrons. The Morgan fingerprint density at radius 3 is 2.54 bits per heavy atom. The first-order chi connectivity index (χ1) is 11.8. The molecule has 0 aliphatic carbocycles. The van der Waals surface area contributed by atoms with Crippen molar-refractivity contribution in [1.29, 1.82) is 0 Å². The van der Waals surface area contributed by atoms with Crippen LogP contribution in [0.15, 0.2) is 48.9 Å². The first kappa shape index (κ1) is 16.4. The normalized spacial score (nSPS) is 15.2. The van der Waals surface area contributed by atoms with E-state index in [0.29, 0.717) is 12.1 Å². The van der Waals surface area contributed by atoms with Gasteiger partial charge in [0.2, 0.25) is 0 Å². The maximum absolute atomic E-state index is 11.9. The van der Waals surface area contributed by atoms with Gasteiger partial charge < -0.3 is 10.2 Å². The van der Waals surface area contributed by atoms with Crippen LogP contribution in [0.25, 0.3) is 0 Å². The standard InChI is InChI=1S/C18H23N5O/c24-18(16-5-9-19-10-6-16)21-8-3-11-22-12-14-23(15-13-22)17-4-1-2-7-20-17/h1-2,4-7,9-10H,3,8,11-15H2,(H,21,24). The molecule has 0 saturated carbocycles. The predicted octanol–water partition coefficient (Wildman–Crippen LogP) is 1.42. The van der Waals surface area contributed by atoms with Gasteiger partial charge in [0.1, 0.15) is 5.82 Å². The molecule has 24 heavy (non-hydrogen) atoms. The van der Waals surface area contributed by atoms with E-state index in [-0.39, 0.29) is 5.91 Å². The van der Waals surface area contributed by atoms with E-state index in [0.717, 1.165) is 45.0 Å². The van der Waals surface area contributed by atoms with Crippen LogP contribution in [-0.2, 0) is 0 Å². The van der Waals surface area contributed by atoms with E-state index in [1.54, 1.807) is 24.5 Å². The molecule has 3 rings (SSSR count). The largest absolute Gasteiger partial charge is 0.354 e. The van der Waals surface area contributed by atoms with Gasteiger partial charge in [-0.05, 0) is 37.2 Å². The summed E-state index contributed by atoms with van der Waals surface area (Å²) < 4.78 is 0. The molecule has 1 amide bonds. The summed E-state index contributed by atoms with van der Waals surface area (Å²) in [6, 6.07) is 9.49. The van der Waals surface area contributed by atoms with Crippen LogP contribution in [-0.4, -0.2) is 60.0 Å². The molecule has 0 unspecified atom stereocenters. The van der Waals surface area contributed by atoms with E-state index in [1.165, 1.54) is 0 Å². The van der Waals surface area contributed by atoms with Gasteiger partial charge in [0.15, 0.2) is 0 Å². The van der Waals surface area contributed by atoms with Gasteiger partial charge in [0.25, 0.3) is 5.91 Å². The zero-order valence-electron chi connectivity index (χ0n) is 13.8. The van der Waals surface area contributed by atoms with Crippen molar-refractivity contribution in [2.75, 3.05) is 44.2 Å². The quantitative estimate of drug-likeness (QED) is 0.814. The number of amides is 1. The molecule has 1 fully saturated rings. The van der Waals surface area contributed by atoms with Crippen LogP contribution in [0, 0.1) is 0 Å². The Labute approximate surface area is 142 Å². The van der Waals surface area contributed by atoms with E-state index in [9.17, 15) is 4.79 Å². The molecule has 0 atom stereocenters. The summed E-state index contributed by atoms with van der Waals surface area (Å²) in [6.45, 7) is 5.78. The molecular formula is C18H23N5O. The smallest absolute Gasteiger partial charge is 0.251 e. The molecule has 3 heterocycles. The third kappa shape index (κ3) is 4.52. The monoisotopic (exact) mass is 325 g/mol. The molecule has 0 spiro atoms. The number of carbonyl (C=O) groups is 1. The van der Waals surface area contributed by atoms with Crippen molar-refractivity contribution in [3.05, 3.63) is 54.5 Å². The Morgan fingerprint density at radius 1 is 1.04 bits per heavy atom. The van der Waals surface area contributed by atoms with Crippen molar-refractivity contribution in [2.24, 2.45) is 0 Å². The molecule has 0 aromatic carbocycles. The summed E-state index contributed by atoms with van der Waals surface area (Å²) in [6.07, 6.45) is 6.07. The summed E-state index contributed by atoms with van der Waals surface area (Å²) in [5.74, 6) is 1.03. The Hall–Kier alpha value is -2.47. The van der Waals surface area contributed by atoms with Gasteiger partial charge in [-0.25, -0.2) is 4.98 Å². The fraction of sp³-hybridized carbons (Fsp3) is 0.389. The lowest BCUT2D eigenvalue weighted by Crippen LogP contribution is -2.47. The third-order valence-corrected chi connectivity index (χ3v) is 4.22. The molecule has 1 aliphatic rings. The van der Waals surface area contributed by atoms with E-state index in [4.69, 9.17) is 0 Å². The van der Waals surface area contributed by atoms with E-state index >= 15 is 0 Å². The molecule has 1 N–H and O–H groups in total. The second-order valence-electron chi connectivity index (χ2n) is 5.86. The zero-order chi connectivity index (χ0) is 16.6. The highest BCUT2D eigenvalue weighted by atomic mass is 16.1. The van der Waals surface area contributed by atoms with Crippen molar-refractivity contribution in [2.45, 2.75) is 6.42 Å². The molecule has 6 heteroatoms. The SMILES string of the molecule is O=C(NCCCN1CCN(c2ccccn2)CC1)c1ccncc1. The molecule has 1 aliphatic heterocycles. The van der Waals surface area contributed by atoms with Crippen molar-refractivity contribution >= 4 is 11.7 Å². The summed E-state index contributed by atoms with van der Waals surface area (Å²) in [7, 11) is 0. The summed E-state index contributed by atoms with van der Waals surface area (Å²) in [4.78, 5) is 25.0. The lowest BCUT2D eigenvalue weighted by Gasteiger charge is -2.35. The van der Waals surface area contributed by atoms with Crippen LogP contribution < -0.4 is 10.2 Å². The maximum atomic E-state index is 11.9. The lowest BCUT2D eigenvalue weighted by atomic mass is 10.2. The number of nitrogens with zero attached hydrogens (tertiary/aromatic N) is 4. The average molecular weight is 325 g/mol. The van der Waals surface area contributed by atoms with Gasteiger partial charge in [-0.15, -0.1) is 0 Å². The van der Waals surface area contributed by atoms with Crippen molar-refractivity contribution in [3.63, 3.8) is 0 Å². The van der Waals surface area contributed by atoms with Gasteiger partial charge in [-0.2, -0.15) is 0 Å². The van der Waals surface area contributed by atoms with Crippen LogP contribution in [0.4, 0.5) is 5.82 Å². The third-order valence-electron chi connectivity index (χ3n) is 4.22. The van der Waals surface area contributed by atoms with Gasteiger partial charge in [0, 0.05) is 56.9 Å². The molecule has 2 aromatic rings. The molecule has 1 saturated heterocycles. The average Bonchev–Trinajstić information content (AvgIpc) is 2.67. The van der Waals surface area contributed by atoms with Crippen LogP contribution in [0.5, 0.6) is 0 Å². The summed E-state index contributed by atoms with van der Waals surface area (Å²) in [5.41, 5.74) is 0.661. The van der Waals surface area contributed by atoms with E-state index < -0.39 is 0 Å². The number of aromatic nitrogens is 2. The number of carbonyl (C=O) groups excluding carboxylic acids is 1. The zero-order valence-corrected chi connectivity index (χ0v) is 13.8. The lowest BCUT2D eigenvalue weighted by molar-refractivity contribution is 0.0951.